The average molecular weight is 487 g/mol. The predicted octanol–water partition coefficient (Wildman–Crippen LogP) is 3.85. The summed E-state index contributed by atoms with van der Waals surface area (Å²) in [5.41, 5.74) is 2.53. The van der Waals surface area contributed by atoms with Gasteiger partial charge in [0.25, 0.3) is 11.8 Å². The number of primary amides is 1. The molecule has 184 valence electrons. The first-order valence-electron chi connectivity index (χ1n) is 10.1. The van der Waals surface area contributed by atoms with Crippen LogP contribution in [0.2, 0.25) is 0 Å². The van der Waals surface area contributed by atoms with E-state index in [1.165, 1.54) is 19.2 Å². The Morgan fingerprint density at radius 2 is 1.91 bits per heavy atom. The summed E-state index contributed by atoms with van der Waals surface area (Å²) in [7, 11) is 1.03. The fourth-order valence-corrected chi connectivity index (χ4v) is 4.04. The summed E-state index contributed by atoms with van der Waals surface area (Å²) in [5, 5.41) is 2.43. The monoisotopic (exact) mass is 487 g/mol. The van der Waals surface area contributed by atoms with Crippen molar-refractivity contribution in [2.45, 2.75) is 44.6 Å². The molecule has 4 atom stereocenters. The highest BCUT2D eigenvalue weighted by atomic mass is 19.4. The number of hydrogen-bond donors (Lipinski definition) is 2. The molecule has 0 saturated carbocycles. The maximum absolute atomic E-state index is 14.4. The van der Waals surface area contributed by atoms with Gasteiger partial charge < -0.3 is 20.5 Å². The van der Waals surface area contributed by atoms with Crippen LogP contribution < -0.4 is 15.8 Å². The lowest BCUT2D eigenvalue weighted by Crippen LogP contribution is -2.47. The van der Waals surface area contributed by atoms with Crippen molar-refractivity contribution in [2.24, 2.45) is 11.7 Å². The zero-order valence-corrected chi connectivity index (χ0v) is 18.6. The van der Waals surface area contributed by atoms with Gasteiger partial charge in [-0.2, -0.15) is 17.6 Å². The van der Waals surface area contributed by atoms with Crippen molar-refractivity contribution in [3.8, 4) is 5.75 Å². The van der Waals surface area contributed by atoms with E-state index < -0.39 is 58.9 Å². The number of amides is 2. The van der Waals surface area contributed by atoms with Crippen LogP contribution in [0.1, 0.15) is 41.4 Å². The van der Waals surface area contributed by atoms with E-state index in [9.17, 15) is 31.5 Å². The lowest BCUT2D eigenvalue weighted by atomic mass is 9.77. The number of pyridine rings is 1. The number of aryl methyl sites for hydroxylation is 1. The van der Waals surface area contributed by atoms with Crippen LogP contribution in [0.5, 0.6) is 5.75 Å². The Morgan fingerprint density at radius 3 is 2.47 bits per heavy atom. The summed E-state index contributed by atoms with van der Waals surface area (Å²) in [4.78, 5) is 28.4. The van der Waals surface area contributed by atoms with Gasteiger partial charge in [-0.3, -0.25) is 14.6 Å². The molecule has 0 spiro atoms. The van der Waals surface area contributed by atoms with Gasteiger partial charge in [0.15, 0.2) is 17.2 Å². The molecular formula is C22H22F5N3O4. The van der Waals surface area contributed by atoms with E-state index in [0.29, 0.717) is 5.56 Å². The van der Waals surface area contributed by atoms with Gasteiger partial charge in [0, 0.05) is 29.3 Å². The third-order valence-corrected chi connectivity index (χ3v) is 6.18. The maximum Gasteiger partial charge on any atom is 0.417 e. The second kappa shape index (κ2) is 8.82. The maximum atomic E-state index is 14.4. The van der Waals surface area contributed by atoms with E-state index in [-0.39, 0.29) is 16.9 Å². The number of anilines is 1. The van der Waals surface area contributed by atoms with Gasteiger partial charge in [0.2, 0.25) is 5.82 Å². The Balaban J connectivity index is 2.10. The molecule has 3 N–H and O–H groups in total. The van der Waals surface area contributed by atoms with Crippen LogP contribution in [-0.2, 0) is 9.53 Å². The number of rotatable bonds is 5. The third kappa shape index (κ3) is 4.17. The third-order valence-electron chi connectivity index (χ3n) is 6.18. The van der Waals surface area contributed by atoms with Gasteiger partial charge in [-0.25, -0.2) is 4.39 Å². The molecule has 2 heterocycles. The lowest BCUT2D eigenvalue weighted by Gasteiger charge is -2.32. The molecule has 1 saturated heterocycles. The molecule has 2 aromatic rings. The van der Waals surface area contributed by atoms with Gasteiger partial charge in [0.1, 0.15) is 11.8 Å². The number of nitrogens with one attached hydrogen (secondary N) is 1. The molecule has 0 bridgehead atoms. The van der Waals surface area contributed by atoms with Crippen molar-refractivity contribution < 1.29 is 41.0 Å². The van der Waals surface area contributed by atoms with E-state index in [1.807, 2.05) is 0 Å². The van der Waals surface area contributed by atoms with E-state index in [4.69, 9.17) is 15.2 Å². The van der Waals surface area contributed by atoms with Crippen LogP contribution in [0.15, 0.2) is 24.4 Å². The number of ether oxygens (including phenoxy) is 2. The first-order chi connectivity index (χ1) is 15.7. The summed E-state index contributed by atoms with van der Waals surface area (Å²) >= 11 is 0. The molecule has 7 nitrogen and oxygen atoms in total. The molecule has 2 amide bonds. The Hall–Kier alpha value is -3.28. The van der Waals surface area contributed by atoms with E-state index >= 15 is 0 Å². The van der Waals surface area contributed by atoms with Crippen LogP contribution in [0.4, 0.5) is 27.6 Å². The van der Waals surface area contributed by atoms with E-state index in [0.717, 1.165) is 26.2 Å². The van der Waals surface area contributed by atoms with Gasteiger partial charge in [-0.05, 0) is 31.5 Å². The summed E-state index contributed by atoms with van der Waals surface area (Å²) < 4.78 is 80.4. The zero-order valence-electron chi connectivity index (χ0n) is 18.6. The average Bonchev–Trinajstić information content (AvgIpc) is 3.03. The summed E-state index contributed by atoms with van der Waals surface area (Å²) in [6.07, 6.45) is -5.41. The summed E-state index contributed by atoms with van der Waals surface area (Å²) in [6.45, 7) is 3.53. The molecule has 1 fully saturated rings. The van der Waals surface area contributed by atoms with Crippen molar-refractivity contribution in [3.63, 3.8) is 0 Å². The fourth-order valence-electron chi connectivity index (χ4n) is 4.04. The summed E-state index contributed by atoms with van der Waals surface area (Å²) in [6, 6.07) is 2.97. The number of carbonyl (C=O) groups excluding carboxylic acids is 2. The lowest BCUT2D eigenvalue weighted by molar-refractivity contribution is -0.272. The molecule has 3 rings (SSSR count). The van der Waals surface area contributed by atoms with Crippen LogP contribution in [0, 0.1) is 24.5 Å². The Labute approximate surface area is 191 Å². The Bertz CT molecular complexity index is 1140. The zero-order chi connectivity index (χ0) is 25.6. The van der Waals surface area contributed by atoms with Crippen molar-refractivity contribution in [1.82, 2.24) is 4.98 Å². The highest BCUT2D eigenvalue weighted by Crippen LogP contribution is 2.55. The fraction of sp³-hybridized carbons (Fsp3) is 0.409. The van der Waals surface area contributed by atoms with Gasteiger partial charge >= 0.3 is 6.18 Å². The largest absolute Gasteiger partial charge is 0.493 e. The number of nitrogens with zero attached hydrogens (tertiary/aromatic N) is 1. The number of methoxy groups -OCH3 is 1. The highest BCUT2D eigenvalue weighted by Gasteiger charge is 2.65. The molecular weight excluding hydrogens is 465 g/mol. The van der Waals surface area contributed by atoms with Crippen molar-refractivity contribution in [3.05, 3.63) is 52.9 Å². The second-order valence-electron chi connectivity index (χ2n) is 8.18. The highest BCUT2D eigenvalue weighted by molar-refractivity contribution is 5.98. The van der Waals surface area contributed by atoms with Crippen LogP contribution in [0.25, 0.3) is 0 Å². The van der Waals surface area contributed by atoms with E-state index in [2.05, 4.69) is 10.3 Å². The topological polar surface area (TPSA) is 104 Å². The van der Waals surface area contributed by atoms with Crippen LogP contribution in [0.3, 0.4) is 0 Å². The first-order valence-corrected chi connectivity index (χ1v) is 10.1. The Kier molecular flexibility index (Phi) is 6.57. The van der Waals surface area contributed by atoms with Crippen molar-refractivity contribution in [1.29, 1.82) is 0 Å². The molecule has 0 radical (unpaired) electrons. The minimum Gasteiger partial charge on any atom is -0.493 e. The SMILES string of the molecule is COc1c([C@H]2[C@@H](C(=O)Nc3cc(C(N)=O)ncc3C)O[C@](C)(C(F)(F)F)[C@H]2C)ccc(F)c1F. The molecule has 0 aliphatic carbocycles. The van der Waals surface area contributed by atoms with Gasteiger partial charge in [-0.1, -0.05) is 13.0 Å². The minimum absolute atomic E-state index is 0.0710. The van der Waals surface area contributed by atoms with Gasteiger partial charge in [-0.15, -0.1) is 0 Å². The predicted molar refractivity (Wildman–Crippen MR) is 110 cm³/mol. The molecule has 34 heavy (non-hydrogen) atoms. The molecule has 1 aliphatic heterocycles. The standard InChI is InChI=1S/C22H22F5N3O4/c1-9-8-29-14(19(28)31)7-13(9)30-20(32)18-15(10(2)21(3,34-18)22(25,26)27)11-5-6-12(23)16(24)17(11)33-4/h5-8,10,15,18H,1-4H3,(H2,28,31)(H,29,30,32)/t10-,15-,18-,21-/m0/s1. The Morgan fingerprint density at radius 1 is 1.26 bits per heavy atom. The minimum atomic E-state index is -4.89. The molecule has 0 unspecified atom stereocenters. The normalized spacial score (nSPS) is 24.7. The van der Waals surface area contributed by atoms with E-state index in [1.54, 1.807) is 6.92 Å². The molecule has 1 aromatic carbocycles. The molecule has 1 aromatic heterocycles. The number of hydrogen-bond acceptors (Lipinski definition) is 5. The van der Waals surface area contributed by atoms with Crippen LogP contribution >= 0.6 is 0 Å². The molecule has 12 heteroatoms. The second-order valence-corrected chi connectivity index (χ2v) is 8.18. The number of alkyl halides is 3. The smallest absolute Gasteiger partial charge is 0.417 e. The number of nitrogens with two attached hydrogens (primary N) is 1. The number of halogens is 5. The van der Waals surface area contributed by atoms with Crippen LogP contribution in [-0.4, -0.2) is 41.8 Å². The first kappa shape index (κ1) is 25.3. The number of carbonyl (C=O) groups is 2. The number of aromatic nitrogens is 1. The quantitative estimate of drug-likeness (QED) is 0.624. The molecule has 1 aliphatic rings. The summed E-state index contributed by atoms with van der Waals surface area (Å²) in [5.74, 6) is -7.94. The van der Waals surface area contributed by atoms with Crippen molar-refractivity contribution in [2.75, 3.05) is 12.4 Å². The van der Waals surface area contributed by atoms with Crippen molar-refractivity contribution >= 4 is 17.5 Å². The van der Waals surface area contributed by atoms with Gasteiger partial charge in [0.05, 0.1) is 7.11 Å². The number of benzene rings is 1.